The van der Waals surface area contributed by atoms with Gasteiger partial charge in [-0.05, 0) is 25.0 Å². The smallest absolute Gasteiger partial charge is 0.323 e. The Kier molecular flexibility index (Phi) is 4.14. The van der Waals surface area contributed by atoms with Gasteiger partial charge in [-0.3, -0.25) is 5.32 Å². The lowest BCUT2D eigenvalue weighted by Crippen LogP contribution is -2.36. The van der Waals surface area contributed by atoms with E-state index in [0.717, 1.165) is 42.7 Å². The van der Waals surface area contributed by atoms with E-state index in [1.54, 1.807) is 14.2 Å². The van der Waals surface area contributed by atoms with E-state index in [-0.39, 0.29) is 0 Å². The van der Waals surface area contributed by atoms with Crippen LogP contribution in [0.3, 0.4) is 0 Å². The first-order valence-electron chi connectivity index (χ1n) is 8.18. The second-order valence-electron chi connectivity index (χ2n) is 5.88. The molecule has 3 aromatic rings. The topological polar surface area (TPSA) is 101 Å². The van der Waals surface area contributed by atoms with E-state index in [4.69, 9.17) is 13.9 Å². The first-order valence-corrected chi connectivity index (χ1v) is 8.18. The first kappa shape index (κ1) is 15.7. The molecule has 0 amide bonds. The number of nitrogens with zero attached hydrogens (tertiary/aromatic N) is 4. The molecule has 1 aromatic carbocycles. The molecule has 4 rings (SSSR count). The number of hydrogen-bond donors (Lipinski definition) is 2. The number of H-pyrrole nitrogens is 1. The molecule has 0 aliphatic carbocycles. The molecule has 25 heavy (non-hydrogen) atoms. The highest BCUT2D eigenvalue weighted by molar-refractivity contribution is 5.83. The Morgan fingerprint density at radius 3 is 2.84 bits per heavy atom. The minimum Gasteiger partial charge on any atom is -0.494 e. The Morgan fingerprint density at radius 1 is 1.24 bits per heavy atom. The minimum atomic E-state index is 0.293. The molecule has 0 saturated carbocycles. The first-order chi connectivity index (χ1) is 12.3. The molecule has 0 atom stereocenters. The highest BCUT2D eigenvalue weighted by Gasteiger charge is 2.23. The van der Waals surface area contributed by atoms with Crippen LogP contribution in [-0.2, 0) is 4.74 Å². The number of anilines is 3. The van der Waals surface area contributed by atoms with Crippen molar-refractivity contribution < 1.29 is 13.9 Å². The number of methoxy groups -OCH3 is 2. The number of nitrogens with one attached hydrogen (secondary N) is 2. The molecule has 0 bridgehead atoms. The molecule has 3 heterocycles. The van der Waals surface area contributed by atoms with Crippen LogP contribution in [0, 0.1) is 0 Å². The van der Waals surface area contributed by atoms with Crippen molar-refractivity contribution in [3.8, 4) is 5.75 Å². The Balaban J connectivity index is 1.48. The lowest BCUT2D eigenvalue weighted by Gasteiger charge is -2.29. The molecule has 2 N–H and O–H groups in total. The fourth-order valence-corrected chi connectivity index (χ4v) is 3.01. The monoisotopic (exact) mass is 344 g/mol. The summed E-state index contributed by atoms with van der Waals surface area (Å²) < 4.78 is 16.4. The Morgan fingerprint density at radius 2 is 2.08 bits per heavy atom. The van der Waals surface area contributed by atoms with Crippen molar-refractivity contribution >= 4 is 29.0 Å². The number of rotatable bonds is 5. The predicted molar refractivity (Wildman–Crippen MR) is 92.5 cm³/mol. The summed E-state index contributed by atoms with van der Waals surface area (Å²) in [6.07, 6.45) is 2.21. The SMILES string of the molecule is COc1cccc2nc(Nc3nnc(N4CCC(OC)CC4)o3)[nH]c12. The van der Waals surface area contributed by atoms with Crippen molar-refractivity contribution in [1.29, 1.82) is 0 Å². The zero-order chi connectivity index (χ0) is 17.2. The molecule has 0 spiro atoms. The summed E-state index contributed by atoms with van der Waals surface area (Å²) in [6, 6.07) is 6.46. The number of para-hydroxylation sites is 1. The maximum absolute atomic E-state index is 5.71. The Hall–Kier alpha value is -2.81. The predicted octanol–water partition coefficient (Wildman–Crippen LogP) is 2.31. The third kappa shape index (κ3) is 3.10. The van der Waals surface area contributed by atoms with Crippen LogP contribution in [0.4, 0.5) is 18.0 Å². The van der Waals surface area contributed by atoms with Gasteiger partial charge in [0.15, 0.2) is 0 Å². The van der Waals surface area contributed by atoms with Gasteiger partial charge in [-0.15, -0.1) is 0 Å². The van der Waals surface area contributed by atoms with Crippen molar-refractivity contribution in [3.05, 3.63) is 18.2 Å². The van der Waals surface area contributed by atoms with Crippen molar-refractivity contribution in [2.75, 3.05) is 37.5 Å². The Labute approximate surface area is 144 Å². The van der Waals surface area contributed by atoms with Gasteiger partial charge >= 0.3 is 12.0 Å². The summed E-state index contributed by atoms with van der Waals surface area (Å²) in [6.45, 7) is 1.67. The van der Waals surface area contributed by atoms with Gasteiger partial charge < -0.3 is 23.8 Å². The number of benzene rings is 1. The number of piperidine rings is 1. The van der Waals surface area contributed by atoms with Crippen molar-refractivity contribution in [1.82, 2.24) is 20.2 Å². The molecule has 2 aromatic heterocycles. The molecule has 9 nitrogen and oxygen atoms in total. The van der Waals surface area contributed by atoms with E-state index in [1.165, 1.54) is 0 Å². The van der Waals surface area contributed by atoms with E-state index in [2.05, 4.69) is 30.4 Å². The molecule has 1 fully saturated rings. The lowest BCUT2D eigenvalue weighted by atomic mass is 10.1. The molecular formula is C16H20N6O3. The molecule has 1 aliphatic heterocycles. The van der Waals surface area contributed by atoms with Gasteiger partial charge in [0.05, 0.1) is 18.7 Å². The van der Waals surface area contributed by atoms with E-state index in [9.17, 15) is 0 Å². The van der Waals surface area contributed by atoms with E-state index in [1.807, 2.05) is 18.2 Å². The number of hydrogen-bond acceptors (Lipinski definition) is 8. The molecular weight excluding hydrogens is 324 g/mol. The van der Waals surface area contributed by atoms with Gasteiger partial charge in [-0.2, -0.15) is 0 Å². The summed E-state index contributed by atoms with van der Waals surface area (Å²) in [5, 5.41) is 11.2. The third-order valence-electron chi connectivity index (χ3n) is 4.39. The van der Waals surface area contributed by atoms with E-state index >= 15 is 0 Å². The largest absolute Gasteiger partial charge is 0.494 e. The zero-order valence-corrected chi connectivity index (χ0v) is 14.2. The van der Waals surface area contributed by atoms with Crippen LogP contribution < -0.4 is 15.0 Å². The second kappa shape index (κ2) is 6.60. The quantitative estimate of drug-likeness (QED) is 0.727. The van der Waals surface area contributed by atoms with Gasteiger partial charge in [0.25, 0.3) is 0 Å². The zero-order valence-electron chi connectivity index (χ0n) is 14.2. The fraction of sp³-hybridized carbons (Fsp3) is 0.438. The summed E-state index contributed by atoms with van der Waals surface area (Å²) >= 11 is 0. The number of aromatic amines is 1. The second-order valence-corrected chi connectivity index (χ2v) is 5.88. The lowest BCUT2D eigenvalue weighted by molar-refractivity contribution is 0.0811. The Bertz CT molecular complexity index is 853. The summed E-state index contributed by atoms with van der Waals surface area (Å²) in [7, 11) is 3.37. The average Bonchev–Trinajstić information content (AvgIpc) is 3.28. The fourth-order valence-electron chi connectivity index (χ4n) is 3.01. The number of imidazole rings is 1. The number of ether oxygens (including phenoxy) is 2. The molecule has 132 valence electrons. The van der Waals surface area contributed by atoms with Crippen LogP contribution in [-0.4, -0.2) is 53.6 Å². The summed E-state index contributed by atoms with van der Waals surface area (Å²) in [4.78, 5) is 9.68. The van der Waals surface area contributed by atoms with Crippen LogP contribution in [0.15, 0.2) is 22.6 Å². The van der Waals surface area contributed by atoms with Gasteiger partial charge in [0, 0.05) is 20.2 Å². The van der Waals surface area contributed by atoms with Crippen LogP contribution in [0.1, 0.15) is 12.8 Å². The minimum absolute atomic E-state index is 0.293. The van der Waals surface area contributed by atoms with Gasteiger partial charge in [-0.25, -0.2) is 4.98 Å². The number of aromatic nitrogens is 4. The standard InChI is InChI=1S/C16H20N6O3/c1-23-10-6-8-22(9-7-10)16-21-20-15(25-16)19-14-17-11-4-3-5-12(24-2)13(11)18-14/h3-5,10H,6-9H2,1-2H3,(H2,17,18,19,20). The summed E-state index contributed by atoms with van der Waals surface area (Å²) in [5.41, 5.74) is 1.61. The van der Waals surface area contributed by atoms with Crippen LogP contribution in [0.2, 0.25) is 0 Å². The maximum atomic E-state index is 5.71. The van der Waals surface area contributed by atoms with E-state index in [0.29, 0.717) is 24.1 Å². The third-order valence-corrected chi connectivity index (χ3v) is 4.39. The summed E-state index contributed by atoms with van der Waals surface area (Å²) in [5.74, 6) is 1.25. The molecule has 9 heteroatoms. The maximum Gasteiger partial charge on any atom is 0.323 e. The average molecular weight is 344 g/mol. The number of fused-ring (bicyclic) bond motifs is 1. The van der Waals surface area contributed by atoms with Gasteiger partial charge in [0.2, 0.25) is 5.95 Å². The molecule has 0 radical (unpaired) electrons. The van der Waals surface area contributed by atoms with Gasteiger partial charge in [-0.1, -0.05) is 16.3 Å². The van der Waals surface area contributed by atoms with Crippen LogP contribution in [0.25, 0.3) is 11.0 Å². The van der Waals surface area contributed by atoms with Crippen molar-refractivity contribution in [3.63, 3.8) is 0 Å². The van der Waals surface area contributed by atoms with Crippen LogP contribution in [0.5, 0.6) is 5.75 Å². The van der Waals surface area contributed by atoms with E-state index < -0.39 is 0 Å². The van der Waals surface area contributed by atoms with Gasteiger partial charge in [0.1, 0.15) is 11.3 Å². The van der Waals surface area contributed by atoms with Crippen molar-refractivity contribution in [2.24, 2.45) is 0 Å². The normalized spacial score (nSPS) is 15.7. The molecule has 1 saturated heterocycles. The highest BCUT2D eigenvalue weighted by atomic mass is 16.5. The molecule has 0 unspecified atom stereocenters. The molecule has 1 aliphatic rings. The van der Waals surface area contributed by atoms with Crippen molar-refractivity contribution in [2.45, 2.75) is 18.9 Å². The highest BCUT2D eigenvalue weighted by Crippen LogP contribution is 2.27. The van der Waals surface area contributed by atoms with Crippen LogP contribution >= 0.6 is 0 Å².